The summed E-state index contributed by atoms with van der Waals surface area (Å²) in [6.07, 6.45) is 1.16. The predicted octanol–water partition coefficient (Wildman–Crippen LogP) is 2.48. The highest BCUT2D eigenvalue weighted by molar-refractivity contribution is 6.31. The summed E-state index contributed by atoms with van der Waals surface area (Å²) in [4.78, 5) is 19.1. The van der Waals surface area contributed by atoms with Crippen molar-refractivity contribution in [2.24, 2.45) is 22.7 Å². The Hall–Kier alpha value is -1.75. The van der Waals surface area contributed by atoms with Crippen molar-refractivity contribution < 1.29 is 9.63 Å². The maximum absolute atomic E-state index is 12.1. The van der Waals surface area contributed by atoms with E-state index in [2.05, 4.69) is 19.0 Å². The van der Waals surface area contributed by atoms with Crippen molar-refractivity contribution >= 4 is 23.3 Å². The molecule has 0 spiro atoms. The summed E-state index contributed by atoms with van der Waals surface area (Å²) in [5.41, 5.74) is 6.48. The van der Waals surface area contributed by atoms with E-state index in [1.807, 2.05) is 4.90 Å². The molecule has 0 saturated carbocycles. The van der Waals surface area contributed by atoms with Crippen LogP contribution in [0.2, 0.25) is 5.02 Å². The lowest BCUT2D eigenvalue weighted by Crippen LogP contribution is -2.44. The van der Waals surface area contributed by atoms with Gasteiger partial charge in [-0.05, 0) is 30.4 Å². The molecule has 1 fully saturated rings. The summed E-state index contributed by atoms with van der Waals surface area (Å²) in [6.45, 7) is 5.78. The highest BCUT2D eigenvalue weighted by atomic mass is 35.5. The Morgan fingerprint density at radius 2 is 2.09 bits per heavy atom. The molecule has 1 aliphatic rings. The minimum atomic E-state index is -0.0965. The number of amidine groups is 1. The zero-order valence-electron chi connectivity index (χ0n) is 13.0. The Morgan fingerprint density at radius 3 is 2.73 bits per heavy atom. The third-order valence-corrected chi connectivity index (χ3v) is 3.93. The molecular formula is C16H22ClN3O2. The summed E-state index contributed by atoms with van der Waals surface area (Å²) < 4.78 is 0. The lowest BCUT2D eigenvalue weighted by Gasteiger charge is -2.34. The molecule has 0 aliphatic carbocycles. The molecular weight excluding hydrogens is 302 g/mol. The highest BCUT2D eigenvalue weighted by Gasteiger charge is 2.25. The molecule has 2 unspecified atom stereocenters. The SMILES string of the molecule is CC1CC(C)CN(C(=O)CO/N=C(\N)c2cccc(Cl)c2)C1. The molecule has 1 heterocycles. The molecule has 120 valence electrons. The predicted molar refractivity (Wildman–Crippen MR) is 87.7 cm³/mol. The van der Waals surface area contributed by atoms with E-state index in [1.165, 1.54) is 0 Å². The number of hydrogen-bond acceptors (Lipinski definition) is 3. The highest BCUT2D eigenvalue weighted by Crippen LogP contribution is 2.20. The van der Waals surface area contributed by atoms with Gasteiger partial charge in [0, 0.05) is 23.7 Å². The Balaban J connectivity index is 1.87. The molecule has 0 radical (unpaired) electrons. The number of hydrogen-bond donors (Lipinski definition) is 1. The fraction of sp³-hybridized carbons (Fsp3) is 0.500. The number of halogens is 1. The number of piperidine rings is 1. The topological polar surface area (TPSA) is 67.9 Å². The molecule has 2 rings (SSSR count). The van der Waals surface area contributed by atoms with Crippen LogP contribution in [0.5, 0.6) is 0 Å². The number of carbonyl (C=O) groups excluding carboxylic acids is 1. The molecule has 1 aliphatic heterocycles. The zero-order chi connectivity index (χ0) is 16.1. The van der Waals surface area contributed by atoms with Gasteiger partial charge in [0.2, 0.25) is 0 Å². The first-order valence-electron chi connectivity index (χ1n) is 7.45. The van der Waals surface area contributed by atoms with E-state index in [1.54, 1.807) is 24.3 Å². The minimum absolute atomic E-state index is 0.0546. The van der Waals surface area contributed by atoms with E-state index in [4.69, 9.17) is 22.2 Å². The molecule has 1 aromatic rings. The molecule has 1 aromatic carbocycles. The number of oxime groups is 1. The molecule has 0 bridgehead atoms. The normalized spacial score (nSPS) is 22.5. The second kappa shape index (κ2) is 7.49. The maximum Gasteiger partial charge on any atom is 0.263 e. The Bertz CT molecular complexity index is 552. The van der Waals surface area contributed by atoms with E-state index in [-0.39, 0.29) is 18.3 Å². The van der Waals surface area contributed by atoms with Crippen molar-refractivity contribution in [1.29, 1.82) is 0 Å². The van der Waals surface area contributed by atoms with E-state index in [0.29, 0.717) is 22.4 Å². The second-order valence-electron chi connectivity index (χ2n) is 6.01. The molecule has 6 heteroatoms. The number of rotatable bonds is 4. The average Bonchev–Trinajstić information content (AvgIpc) is 2.46. The first-order valence-corrected chi connectivity index (χ1v) is 7.82. The van der Waals surface area contributed by atoms with Gasteiger partial charge in [-0.25, -0.2) is 0 Å². The Morgan fingerprint density at radius 1 is 1.41 bits per heavy atom. The first kappa shape index (κ1) is 16.6. The first-order chi connectivity index (χ1) is 10.5. The van der Waals surface area contributed by atoms with E-state index in [0.717, 1.165) is 19.5 Å². The number of benzene rings is 1. The lowest BCUT2D eigenvalue weighted by atomic mass is 9.92. The van der Waals surface area contributed by atoms with Crippen molar-refractivity contribution in [3.05, 3.63) is 34.9 Å². The van der Waals surface area contributed by atoms with Crippen molar-refractivity contribution in [2.45, 2.75) is 20.3 Å². The fourth-order valence-corrected chi connectivity index (χ4v) is 3.01. The van der Waals surface area contributed by atoms with Crippen LogP contribution < -0.4 is 5.73 Å². The lowest BCUT2D eigenvalue weighted by molar-refractivity contribution is -0.138. The minimum Gasteiger partial charge on any atom is -0.384 e. The van der Waals surface area contributed by atoms with Gasteiger partial charge in [0.15, 0.2) is 12.4 Å². The van der Waals surface area contributed by atoms with Crippen LogP contribution in [-0.2, 0) is 9.63 Å². The number of carbonyl (C=O) groups is 1. The van der Waals surface area contributed by atoms with E-state index >= 15 is 0 Å². The second-order valence-corrected chi connectivity index (χ2v) is 6.44. The quantitative estimate of drug-likeness (QED) is 0.526. The van der Waals surface area contributed by atoms with Crippen LogP contribution in [0.1, 0.15) is 25.8 Å². The molecule has 1 amide bonds. The van der Waals surface area contributed by atoms with Gasteiger partial charge < -0.3 is 15.5 Å². The van der Waals surface area contributed by atoms with Crippen molar-refractivity contribution in [2.75, 3.05) is 19.7 Å². The Labute approximate surface area is 136 Å². The number of nitrogens with zero attached hydrogens (tertiary/aromatic N) is 2. The van der Waals surface area contributed by atoms with Gasteiger partial charge in [-0.3, -0.25) is 4.79 Å². The summed E-state index contributed by atoms with van der Waals surface area (Å²) in [6, 6.07) is 7.01. The van der Waals surface area contributed by atoms with Crippen LogP contribution in [0.3, 0.4) is 0 Å². The van der Waals surface area contributed by atoms with E-state index in [9.17, 15) is 4.79 Å². The smallest absolute Gasteiger partial charge is 0.263 e. The molecule has 5 nitrogen and oxygen atoms in total. The average molecular weight is 324 g/mol. The monoisotopic (exact) mass is 323 g/mol. The molecule has 2 atom stereocenters. The van der Waals surface area contributed by atoms with Crippen molar-refractivity contribution in [3.63, 3.8) is 0 Å². The van der Waals surface area contributed by atoms with Crippen LogP contribution >= 0.6 is 11.6 Å². The van der Waals surface area contributed by atoms with Crippen molar-refractivity contribution in [3.8, 4) is 0 Å². The summed E-state index contributed by atoms with van der Waals surface area (Å²) in [5, 5.41) is 4.37. The molecule has 2 N–H and O–H groups in total. The summed E-state index contributed by atoms with van der Waals surface area (Å²) >= 11 is 5.89. The Kier molecular flexibility index (Phi) is 5.66. The van der Waals surface area contributed by atoms with Gasteiger partial charge in [-0.2, -0.15) is 0 Å². The van der Waals surface area contributed by atoms with Crippen LogP contribution in [0, 0.1) is 11.8 Å². The van der Waals surface area contributed by atoms with Gasteiger partial charge in [-0.1, -0.05) is 42.7 Å². The van der Waals surface area contributed by atoms with E-state index < -0.39 is 0 Å². The standard InChI is InChI=1S/C16H22ClN3O2/c1-11-6-12(2)9-20(8-11)15(21)10-22-19-16(18)13-4-3-5-14(17)7-13/h3-5,7,11-12H,6,8-10H2,1-2H3,(H2,18,19). The summed E-state index contributed by atoms with van der Waals surface area (Å²) in [7, 11) is 0. The van der Waals surface area contributed by atoms with Crippen LogP contribution in [0.25, 0.3) is 0 Å². The fourth-order valence-electron chi connectivity index (χ4n) is 2.82. The van der Waals surface area contributed by atoms with Crippen molar-refractivity contribution in [1.82, 2.24) is 4.90 Å². The molecule has 0 aromatic heterocycles. The molecule has 1 saturated heterocycles. The van der Waals surface area contributed by atoms with Gasteiger partial charge >= 0.3 is 0 Å². The molecule has 22 heavy (non-hydrogen) atoms. The van der Waals surface area contributed by atoms with Gasteiger partial charge in [0.05, 0.1) is 0 Å². The summed E-state index contributed by atoms with van der Waals surface area (Å²) in [5.74, 6) is 1.19. The van der Waals surface area contributed by atoms with Gasteiger partial charge in [-0.15, -0.1) is 0 Å². The third-order valence-electron chi connectivity index (χ3n) is 3.69. The van der Waals surface area contributed by atoms with Gasteiger partial charge in [0.25, 0.3) is 5.91 Å². The van der Waals surface area contributed by atoms with Gasteiger partial charge in [0.1, 0.15) is 0 Å². The number of amides is 1. The number of nitrogens with two attached hydrogens (primary N) is 1. The van der Waals surface area contributed by atoms with Crippen LogP contribution in [0.15, 0.2) is 29.4 Å². The largest absolute Gasteiger partial charge is 0.384 e. The maximum atomic E-state index is 12.1. The van der Waals surface area contributed by atoms with Crippen LogP contribution in [-0.4, -0.2) is 36.3 Å². The van der Waals surface area contributed by atoms with Crippen LogP contribution in [0.4, 0.5) is 0 Å². The third kappa shape index (κ3) is 4.63. The number of likely N-dealkylation sites (tertiary alicyclic amines) is 1. The zero-order valence-corrected chi connectivity index (χ0v) is 13.7.